The van der Waals surface area contributed by atoms with Crippen molar-refractivity contribution in [2.45, 2.75) is 38.3 Å². The summed E-state index contributed by atoms with van der Waals surface area (Å²) in [6.07, 6.45) is -10.7. The molecule has 0 bridgehead atoms. The Morgan fingerprint density at radius 1 is 0.971 bits per heavy atom. The fourth-order valence-electron chi connectivity index (χ4n) is 2.74. The molecule has 0 atom stereocenters. The largest absolute Gasteiger partial charge is 0.490 e. The minimum Gasteiger partial charge on any atom is -0.490 e. The molecular weight excluding hydrogens is 486 g/mol. The van der Waals surface area contributed by atoms with Crippen LogP contribution in [0.4, 0.5) is 26.3 Å². The van der Waals surface area contributed by atoms with Crippen molar-refractivity contribution in [2.24, 2.45) is 10.9 Å². The molecule has 0 spiro atoms. The SMILES string of the molecule is CCOc1ccc(CC(N)=NOC(NC(=O)c2ccncc2)(C(F)(F)F)C(F)(F)F)cc1OCC. The van der Waals surface area contributed by atoms with Crippen LogP contribution in [0.5, 0.6) is 11.5 Å². The molecule has 2 aromatic rings. The Labute approximate surface area is 196 Å². The van der Waals surface area contributed by atoms with Crippen molar-refractivity contribution >= 4 is 11.7 Å². The lowest BCUT2D eigenvalue weighted by Crippen LogP contribution is -2.68. The molecule has 2 rings (SSSR count). The quantitative estimate of drug-likeness (QED) is 0.165. The number of amidine groups is 1. The number of hydrogen-bond acceptors (Lipinski definition) is 6. The Morgan fingerprint density at radius 2 is 1.54 bits per heavy atom. The second-order valence-electron chi connectivity index (χ2n) is 6.86. The first-order valence-corrected chi connectivity index (χ1v) is 10.1. The van der Waals surface area contributed by atoms with Gasteiger partial charge in [-0.15, -0.1) is 0 Å². The summed E-state index contributed by atoms with van der Waals surface area (Å²) in [7, 11) is 0. The van der Waals surface area contributed by atoms with Crippen LogP contribution < -0.4 is 20.5 Å². The van der Waals surface area contributed by atoms with Crippen LogP contribution in [0.25, 0.3) is 0 Å². The molecule has 8 nitrogen and oxygen atoms in total. The molecule has 35 heavy (non-hydrogen) atoms. The summed E-state index contributed by atoms with van der Waals surface area (Å²) in [4.78, 5) is 19.6. The van der Waals surface area contributed by atoms with E-state index < -0.39 is 41.8 Å². The van der Waals surface area contributed by atoms with Gasteiger partial charge in [-0.2, -0.15) is 26.3 Å². The molecule has 0 aliphatic carbocycles. The van der Waals surface area contributed by atoms with E-state index in [1.165, 1.54) is 18.2 Å². The molecule has 14 heteroatoms. The van der Waals surface area contributed by atoms with Crippen LogP contribution in [0.2, 0.25) is 0 Å². The van der Waals surface area contributed by atoms with Crippen molar-refractivity contribution in [1.29, 1.82) is 0 Å². The molecule has 1 amide bonds. The number of amides is 1. The van der Waals surface area contributed by atoms with E-state index in [9.17, 15) is 31.1 Å². The summed E-state index contributed by atoms with van der Waals surface area (Å²) in [5.74, 6) is -1.77. The third kappa shape index (κ3) is 6.67. The molecule has 1 aromatic heterocycles. The number of pyridine rings is 1. The van der Waals surface area contributed by atoms with E-state index in [0.29, 0.717) is 23.7 Å². The topological polar surface area (TPSA) is 108 Å². The van der Waals surface area contributed by atoms with Gasteiger partial charge in [-0.1, -0.05) is 11.2 Å². The van der Waals surface area contributed by atoms with Crippen LogP contribution in [0, 0.1) is 0 Å². The Bertz CT molecular complexity index is 1010. The van der Waals surface area contributed by atoms with E-state index in [2.05, 4.69) is 15.0 Å². The smallest absolute Gasteiger partial charge is 0.461 e. The highest BCUT2D eigenvalue weighted by atomic mass is 19.4. The Kier molecular flexibility index (Phi) is 8.77. The van der Waals surface area contributed by atoms with Gasteiger partial charge >= 0.3 is 18.1 Å². The maximum Gasteiger partial charge on any atom is 0.461 e. The lowest BCUT2D eigenvalue weighted by atomic mass is 10.1. The fraction of sp³-hybridized carbons (Fsp3) is 0.381. The van der Waals surface area contributed by atoms with E-state index in [0.717, 1.165) is 29.8 Å². The molecule has 0 saturated heterocycles. The van der Waals surface area contributed by atoms with E-state index >= 15 is 0 Å². The highest BCUT2D eigenvalue weighted by Gasteiger charge is 2.76. The van der Waals surface area contributed by atoms with Gasteiger partial charge in [-0.25, -0.2) is 0 Å². The maximum atomic E-state index is 13.7. The molecule has 0 radical (unpaired) electrons. The number of rotatable bonds is 10. The first kappa shape index (κ1) is 27.5. The summed E-state index contributed by atoms with van der Waals surface area (Å²) in [6.45, 7) is 4.05. The van der Waals surface area contributed by atoms with Crippen molar-refractivity contribution < 1.29 is 45.4 Å². The molecule has 1 aromatic carbocycles. The van der Waals surface area contributed by atoms with Gasteiger partial charge < -0.3 is 20.0 Å². The second kappa shape index (κ2) is 11.1. The lowest BCUT2D eigenvalue weighted by Gasteiger charge is -2.34. The molecule has 0 unspecified atom stereocenters. The number of aromatic nitrogens is 1. The number of hydrogen-bond donors (Lipinski definition) is 2. The van der Waals surface area contributed by atoms with Gasteiger partial charge in [0.15, 0.2) is 11.5 Å². The summed E-state index contributed by atoms with van der Waals surface area (Å²) >= 11 is 0. The summed E-state index contributed by atoms with van der Waals surface area (Å²) in [6, 6.07) is 6.27. The monoisotopic (exact) mass is 508 g/mol. The maximum absolute atomic E-state index is 13.7. The molecule has 192 valence electrons. The first-order chi connectivity index (χ1) is 16.3. The lowest BCUT2D eigenvalue weighted by molar-refractivity contribution is -0.388. The van der Waals surface area contributed by atoms with E-state index in [-0.39, 0.29) is 6.61 Å². The number of nitrogens with two attached hydrogens (primary N) is 1. The standard InChI is InChI=1S/C21H22F6N4O4/c1-3-33-15-6-5-13(11-16(15)34-4-2)12-17(28)31-35-19(20(22,23)24,21(25,26)27)30-18(32)14-7-9-29-10-8-14/h5-11H,3-4,12H2,1-2H3,(H2,28,31)(H,30,32). The predicted molar refractivity (Wildman–Crippen MR) is 112 cm³/mol. The van der Waals surface area contributed by atoms with E-state index in [1.807, 2.05) is 0 Å². The highest BCUT2D eigenvalue weighted by molar-refractivity contribution is 5.94. The second-order valence-corrected chi connectivity index (χ2v) is 6.86. The molecule has 0 fully saturated rings. The molecule has 0 aliphatic rings. The van der Waals surface area contributed by atoms with Gasteiger partial charge in [0.1, 0.15) is 5.84 Å². The first-order valence-electron chi connectivity index (χ1n) is 10.1. The van der Waals surface area contributed by atoms with Gasteiger partial charge in [0.2, 0.25) is 0 Å². The zero-order chi connectivity index (χ0) is 26.3. The minimum atomic E-state index is -6.15. The zero-order valence-electron chi connectivity index (χ0n) is 18.5. The van der Waals surface area contributed by atoms with Crippen molar-refractivity contribution in [2.75, 3.05) is 13.2 Å². The number of nitrogens with zero attached hydrogens (tertiary/aromatic N) is 2. The number of oxime groups is 1. The number of alkyl halides is 6. The normalized spacial score (nSPS) is 12.7. The van der Waals surface area contributed by atoms with Crippen molar-refractivity contribution in [3.8, 4) is 11.5 Å². The Morgan fingerprint density at radius 3 is 2.09 bits per heavy atom. The average Bonchev–Trinajstić information content (AvgIpc) is 2.77. The number of carbonyl (C=O) groups is 1. The fourth-order valence-corrected chi connectivity index (χ4v) is 2.74. The minimum absolute atomic E-state index is 0.271. The number of halogens is 6. The van der Waals surface area contributed by atoms with Gasteiger partial charge in [-0.3, -0.25) is 15.1 Å². The highest BCUT2D eigenvalue weighted by Crippen LogP contribution is 2.44. The predicted octanol–water partition coefficient (Wildman–Crippen LogP) is 3.96. The van der Waals surface area contributed by atoms with Crippen LogP contribution in [0.1, 0.15) is 29.8 Å². The molecular formula is C21H22F6N4O4. The number of nitrogens with one attached hydrogen (secondary N) is 1. The van der Waals surface area contributed by atoms with Gasteiger partial charge in [0.05, 0.1) is 13.2 Å². The van der Waals surface area contributed by atoms with E-state index in [1.54, 1.807) is 13.8 Å². The van der Waals surface area contributed by atoms with Crippen molar-refractivity contribution in [1.82, 2.24) is 10.3 Å². The third-order valence-electron chi connectivity index (χ3n) is 4.32. The Hall–Kier alpha value is -3.71. The van der Waals surface area contributed by atoms with E-state index in [4.69, 9.17) is 15.2 Å². The van der Waals surface area contributed by atoms with Crippen molar-refractivity contribution in [3.05, 3.63) is 53.9 Å². The summed E-state index contributed by atoms with van der Waals surface area (Å²) in [5.41, 5.74) is 0.216. The van der Waals surface area contributed by atoms with Gasteiger partial charge in [0, 0.05) is 24.4 Å². The molecule has 0 aliphatic heterocycles. The number of benzene rings is 1. The van der Waals surface area contributed by atoms with Crippen LogP contribution in [-0.2, 0) is 11.3 Å². The van der Waals surface area contributed by atoms with Crippen LogP contribution in [0.15, 0.2) is 47.9 Å². The van der Waals surface area contributed by atoms with Crippen LogP contribution in [0.3, 0.4) is 0 Å². The zero-order valence-corrected chi connectivity index (χ0v) is 18.5. The molecule has 0 saturated carbocycles. The average molecular weight is 508 g/mol. The molecule has 1 heterocycles. The van der Waals surface area contributed by atoms with Crippen LogP contribution >= 0.6 is 0 Å². The van der Waals surface area contributed by atoms with Gasteiger partial charge in [0.25, 0.3) is 5.91 Å². The van der Waals surface area contributed by atoms with Crippen LogP contribution in [-0.4, -0.2) is 48.0 Å². The Balaban J connectivity index is 2.35. The number of carbonyl (C=O) groups excluding carboxylic acids is 1. The number of ether oxygens (including phenoxy) is 2. The van der Waals surface area contributed by atoms with Crippen molar-refractivity contribution in [3.63, 3.8) is 0 Å². The summed E-state index contributed by atoms with van der Waals surface area (Å²) < 4.78 is 92.8. The molecule has 3 N–H and O–H groups in total. The third-order valence-corrected chi connectivity index (χ3v) is 4.32. The van der Waals surface area contributed by atoms with Gasteiger partial charge in [-0.05, 0) is 43.7 Å². The summed E-state index contributed by atoms with van der Waals surface area (Å²) in [5, 5.41) is 3.72.